The molecule has 1 aliphatic heterocycles. The van der Waals surface area contributed by atoms with E-state index in [4.69, 9.17) is 9.47 Å². The molecule has 1 heterocycles. The lowest BCUT2D eigenvalue weighted by molar-refractivity contribution is 0.361. The minimum atomic E-state index is -3.60. The molecule has 1 atom stereocenters. The van der Waals surface area contributed by atoms with E-state index in [1.807, 2.05) is 44.2 Å². The van der Waals surface area contributed by atoms with Crippen LogP contribution in [0, 0.1) is 13.8 Å². The lowest BCUT2D eigenvalue weighted by atomic mass is 10.0. The quantitative estimate of drug-likeness (QED) is 0.797. The molecule has 0 amide bonds. The Hall–Kier alpha value is -2.05. The zero-order chi connectivity index (χ0) is 18.9. The lowest BCUT2D eigenvalue weighted by Gasteiger charge is -2.26. The van der Waals surface area contributed by atoms with Crippen molar-refractivity contribution in [2.24, 2.45) is 0 Å². The molecule has 2 aromatic rings. The number of rotatable bonds is 5. The van der Waals surface area contributed by atoms with E-state index in [1.165, 1.54) is 0 Å². The van der Waals surface area contributed by atoms with Crippen molar-refractivity contribution in [3.05, 3.63) is 53.1 Å². The molecule has 1 saturated heterocycles. The third-order valence-electron chi connectivity index (χ3n) is 4.93. The monoisotopic (exact) mass is 375 g/mol. The van der Waals surface area contributed by atoms with Gasteiger partial charge in [-0.15, -0.1) is 0 Å². The Kier molecular flexibility index (Phi) is 5.25. The molecule has 0 spiro atoms. The maximum Gasteiger partial charge on any atom is 0.243 e. The second-order valence-corrected chi connectivity index (χ2v) is 8.51. The molecule has 2 aromatic carbocycles. The van der Waals surface area contributed by atoms with Crippen molar-refractivity contribution in [3.63, 3.8) is 0 Å². The fourth-order valence-electron chi connectivity index (χ4n) is 3.55. The molecule has 0 radical (unpaired) electrons. The van der Waals surface area contributed by atoms with Crippen LogP contribution < -0.4 is 9.47 Å². The summed E-state index contributed by atoms with van der Waals surface area (Å²) >= 11 is 0. The Bertz CT molecular complexity index is 908. The van der Waals surface area contributed by atoms with Crippen LogP contribution in [0.4, 0.5) is 0 Å². The molecule has 0 aromatic heterocycles. The molecule has 6 heteroatoms. The van der Waals surface area contributed by atoms with Gasteiger partial charge in [0.2, 0.25) is 10.0 Å². The van der Waals surface area contributed by atoms with E-state index < -0.39 is 10.0 Å². The van der Waals surface area contributed by atoms with Gasteiger partial charge in [-0.3, -0.25) is 0 Å². The number of ether oxygens (including phenoxy) is 2. The highest BCUT2D eigenvalue weighted by Crippen LogP contribution is 2.42. The molecule has 1 unspecified atom stereocenters. The minimum absolute atomic E-state index is 0.259. The van der Waals surface area contributed by atoms with Crippen molar-refractivity contribution < 1.29 is 17.9 Å². The van der Waals surface area contributed by atoms with Gasteiger partial charge in [-0.25, -0.2) is 8.42 Å². The van der Waals surface area contributed by atoms with Gasteiger partial charge in [-0.05, 0) is 62.1 Å². The molecule has 26 heavy (non-hydrogen) atoms. The van der Waals surface area contributed by atoms with Crippen LogP contribution in [-0.4, -0.2) is 33.5 Å². The number of benzene rings is 2. The highest BCUT2D eigenvalue weighted by Gasteiger charge is 2.38. The molecule has 0 bridgehead atoms. The van der Waals surface area contributed by atoms with Gasteiger partial charge in [0.1, 0.15) is 11.5 Å². The third-order valence-corrected chi connectivity index (χ3v) is 6.98. The van der Waals surface area contributed by atoms with Crippen LogP contribution in [0.25, 0.3) is 0 Å². The van der Waals surface area contributed by atoms with Crippen LogP contribution in [0.15, 0.2) is 41.3 Å². The normalized spacial score (nSPS) is 18.1. The fourth-order valence-corrected chi connectivity index (χ4v) is 5.54. The molecule has 1 aliphatic rings. The van der Waals surface area contributed by atoms with E-state index >= 15 is 0 Å². The Balaban J connectivity index is 2.07. The van der Waals surface area contributed by atoms with E-state index in [1.54, 1.807) is 24.6 Å². The Morgan fingerprint density at radius 2 is 1.81 bits per heavy atom. The van der Waals surface area contributed by atoms with Crippen LogP contribution in [0.3, 0.4) is 0 Å². The number of nitrogens with zero attached hydrogens (tertiary/aromatic N) is 1. The predicted molar refractivity (Wildman–Crippen MR) is 101 cm³/mol. The summed E-state index contributed by atoms with van der Waals surface area (Å²) in [7, 11) is -0.394. The van der Waals surface area contributed by atoms with Gasteiger partial charge >= 0.3 is 0 Å². The van der Waals surface area contributed by atoms with Crippen molar-refractivity contribution in [1.29, 1.82) is 0 Å². The van der Waals surface area contributed by atoms with Gasteiger partial charge in [0, 0.05) is 12.1 Å². The summed E-state index contributed by atoms with van der Waals surface area (Å²) in [6.07, 6.45) is 1.57. The standard InChI is InChI=1S/C20H25NO4S/c1-14-7-8-15(2)20(12-14)26(22,23)21-11-5-6-18(21)17-13-16(24-3)9-10-19(17)25-4/h7-10,12-13,18H,5-6,11H2,1-4H3. The first kappa shape index (κ1) is 18.7. The maximum atomic E-state index is 13.4. The zero-order valence-corrected chi connectivity index (χ0v) is 16.5. The molecular weight excluding hydrogens is 350 g/mol. The number of aryl methyl sites for hydroxylation is 2. The molecule has 140 valence electrons. The topological polar surface area (TPSA) is 55.8 Å². The summed E-state index contributed by atoms with van der Waals surface area (Å²) in [5, 5.41) is 0. The second-order valence-electron chi connectivity index (χ2n) is 6.65. The van der Waals surface area contributed by atoms with Gasteiger partial charge in [0.15, 0.2) is 0 Å². The van der Waals surface area contributed by atoms with Crippen LogP contribution in [-0.2, 0) is 10.0 Å². The summed E-state index contributed by atoms with van der Waals surface area (Å²) in [6.45, 7) is 4.25. The number of hydrogen-bond acceptors (Lipinski definition) is 4. The SMILES string of the molecule is COc1ccc(OC)c(C2CCCN2S(=O)(=O)c2cc(C)ccc2C)c1. The predicted octanol–water partition coefficient (Wildman–Crippen LogP) is 3.85. The molecule has 0 N–H and O–H groups in total. The third kappa shape index (κ3) is 3.31. The maximum absolute atomic E-state index is 13.4. The van der Waals surface area contributed by atoms with E-state index in [-0.39, 0.29) is 6.04 Å². The molecule has 3 rings (SSSR count). The highest BCUT2D eigenvalue weighted by atomic mass is 32.2. The zero-order valence-electron chi connectivity index (χ0n) is 15.7. The van der Waals surface area contributed by atoms with E-state index in [9.17, 15) is 8.42 Å². The smallest absolute Gasteiger partial charge is 0.243 e. The molecule has 0 aliphatic carbocycles. The van der Waals surface area contributed by atoms with Gasteiger partial charge in [0.25, 0.3) is 0 Å². The minimum Gasteiger partial charge on any atom is -0.497 e. The summed E-state index contributed by atoms with van der Waals surface area (Å²) in [4.78, 5) is 0.381. The van der Waals surface area contributed by atoms with Gasteiger partial charge in [-0.1, -0.05) is 12.1 Å². The fraction of sp³-hybridized carbons (Fsp3) is 0.400. The number of sulfonamides is 1. The summed E-state index contributed by atoms with van der Waals surface area (Å²) < 4.78 is 39.2. The summed E-state index contributed by atoms with van der Waals surface area (Å²) in [6, 6.07) is 10.8. The number of methoxy groups -OCH3 is 2. The van der Waals surface area contributed by atoms with Gasteiger partial charge in [0.05, 0.1) is 25.2 Å². The van der Waals surface area contributed by atoms with Crippen LogP contribution >= 0.6 is 0 Å². The molecular formula is C20H25NO4S. The first-order chi connectivity index (χ1) is 12.4. The average molecular weight is 375 g/mol. The lowest BCUT2D eigenvalue weighted by Crippen LogP contribution is -2.31. The highest BCUT2D eigenvalue weighted by molar-refractivity contribution is 7.89. The Morgan fingerprint density at radius 3 is 2.50 bits per heavy atom. The van der Waals surface area contributed by atoms with E-state index in [0.29, 0.717) is 22.9 Å². The van der Waals surface area contributed by atoms with E-state index in [0.717, 1.165) is 29.5 Å². The summed E-state index contributed by atoms with van der Waals surface area (Å²) in [5.74, 6) is 1.37. The van der Waals surface area contributed by atoms with E-state index in [2.05, 4.69) is 0 Å². The van der Waals surface area contributed by atoms with Crippen molar-refractivity contribution in [3.8, 4) is 11.5 Å². The number of hydrogen-bond donors (Lipinski definition) is 0. The first-order valence-corrected chi connectivity index (χ1v) is 10.1. The van der Waals surface area contributed by atoms with Crippen LogP contribution in [0.2, 0.25) is 0 Å². The van der Waals surface area contributed by atoms with Gasteiger partial charge in [-0.2, -0.15) is 4.31 Å². The van der Waals surface area contributed by atoms with Crippen molar-refractivity contribution >= 4 is 10.0 Å². The Labute approximate surface area is 155 Å². The Morgan fingerprint density at radius 1 is 1.04 bits per heavy atom. The summed E-state index contributed by atoms with van der Waals surface area (Å²) in [5.41, 5.74) is 2.54. The van der Waals surface area contributed by atoms with Crippen molar-refractivity contribution in [2.45, 2.75) is 37.6 Å². The average Bonchev–Trinajstić information content (AvgIpc) is 3.13. The largest absolute Gasteiger partial charge is 0.497 e. The van der Waals surface area contributed by atoms with Crippen LogP contribution in [0.5, 0.6) is 11.5 Å². The molecule has 0 saturated carbocycles. The molecule has 5 nitrogen and oxygen atoms in total. The van der Waals surface area contributed by atoms with Crippen molar-refractivity contribution in [1.82, 2.24) is 4.31 Å². The van der Waals surface area contributed by atoms with Crippen molar-refractivity contribution in [2.75, 3.05) is 20.8 Å². The van der Waals surface area contributed by atoms with Crippen LogP contribution in [0.1, 0.15) is 35.6 Å². The first-order valence-electron chi connectivity index (χ1n) is 8.69. The molecule has 1 fully saturated rings. The van der Waals surface area contributed by atoms with Gasteiger partial charge < -0.3 is 9.47 Å². The second kappa shape index (κ2) is 7.29.